The van der Waals surface area contributed by atoms with Crippen molar-refractivity contribution in [1.82, 2.24) is 5.32 Å². The molecular weight excluding hydrogens is 356 g/mol. The summed E-state index contributed by atoms with van der Waals surface area (Å²) in [5.74, 6) is -0.884. The Kier molecular flexibility index (Phi) is 7.01. The molecule has 6 nitrogen and oxygen atoms in total. The van der Waals surface area contributed by atoms with E-state index in [4.69, 9.17) is 26.3 Å². The van der Waals surface area contributed by atoms with E-state index in [9.17, 15) is 9.59 Å². The molecule has 134 valence electrons. The lowest BCUT2D eigenvalue weighted by molar-refractivity contribution is -0.150. The fraction of sp³-hybridized carbons (Fsp3) is 0.211. The van der Waals surface area contributed by atoms with Crippen molar-refractivity contribution in [3.8, 4) is 11.8 Å². The number of carbonyl (C=O) groups excluding carboxylic acids is 2. The summed E-state index contributed by atoms with van der Waals surface area (Å²) < 4.78 is 10.1. The van der Waals surface area contributed by atoms with Crippen LogP contribution in [0.3, 0.4) is 0 Å². The lowest BCUT2D eigenvalue weighted by Gasteiger charge is -2.15. The molecule has 1 atom stereocenters. The minimum absolute atomic E-state index is 0.281. The van der Waals surface area contributed by atoms with Crippen molar-refractivity contribution in [2.45, 2.75) is 13.0 Å². The van der Waals surface area contributed by atoms with Crippen LogP contribution >= 0.6 is 11.6 Å². The number of halogens is 1. The van der Waals surface area contributed by atoms with Crippen LogP contribution in [0.15, 0.2) is 48.5 Å². The molecule has 0 spiro atoms. The molecule has 0 fully saturated rings. The highest BCUT2D eigenvalue weighted by molar-refractivity contribution is 6.31. The molecule has 0 aliphatic rings. The Labute approximate surface area is 156 Å². The number of amides is 1. The average molecular weight is 373 g/mol. The molecule has 1 N–H and O–H groups in total. The topological polar surface area (TPSA) is 88.4 Å². The summed E-state index contributed by atoms with van der Waals surface area (Å²) >= 11 is 6.08. The van der Waals surface area contributed by atoms with Crippen LogP contribution in [-0.4, -0.2) is 25.1 Å². The smallest absolute Gasteiger partial charge is 0.344 e. The quantitative estimate of drug-likeness (QED) is 0.755. The third-order valence-electron chi connectivity index (χ3n) is 3.47. The maximum atomic E-state index is 11.9. The van der Waals surface area contributed by atoms with E-state index in [0.717, 1.165) is 5.56 Å². The third kappa shape index (κ3) is 5.50. The Morgan fingerprint density at radius 1 is 1.15 bits per heavy atom. The van der Waals surface area contributed by atoms with Crippen LogP contribution in [0.4, 0.5) is 0 Å². The molecule has 7 heteroatoms. The average Bonchev–Trinajstić information content (AvgIpc) is 2.65. The predicted molar refractivity (Wildman–Crippen MR) is 95.6 cm³/mol. The summed E-state index contributed by atoms with van der Waals surface area (Å²) in [7, 11) is 0. The van der Waals surface area contributed by atoms with E-state index in [1.54, 1.807) is 49.4 Å². The second-order valence-corrected chi connectivity index (χ2v) is 5.78. The molecule has 0 aromatic heterocycles. The molecule has 0 bridgehead atoms. The monoisotopic (exact) mass is 372 g/mol. The second-order valence-electron chi connectivity index (χ2n) is 5.37. The van der Waals surface area contributed by atoms with Gasteiger partial charge in [-0.25, -0.2) is 4.79 Å². The lowest BCUT2D eigenvalue weighted by atomic mass is 10.1. The van der Waals surface area contributed by atoms with Crippen molar-refractivity contribution in [3.05, 3.63) is 64.7 Å². The first-order chi connectivity index (χ1) is 12.5. The van der Waals surface area contributed by atoms with Gasteiger partial charge in [-0.2, -0.15) is 5.26 Å². The van der Waals surface area contributed by atoms with Gasteiger partial charge in [0, 0.05) is 5.02 Å². The SMILES string of the molecule is C[C@H](NC(=O)COC(=O)COc1ccccc1C#N)c1ccccc1Cl. The Bertz CT molecular complexity index is 832. The van der Waals surface area contributed by atoms with E-state index in [1.165, 1.54) is 0 Å². The van der Waals surface area contributed by atoms with Crippen molar-refractivity contribution < 1.29 is 19.1 Å². The largest absolute Gasteiger partial charge is 0.481 e. The highest BCUT2D eigenvalue weighted by Gasteiger charge is 2.14. The number of nitrogens with one attached hydrogen (secondary N) is 1. The van der Waals surface area contributed by atoms with Crippen molar-refractivity contribution >= 4 is 23.5 Å². The molecule has 0 saturated heterocycles. The van der Waals surface area contributed by atoms with E-state index >= 15 is 0 Å². The van der Waals surface area contributed by atoms with Gasteiger partial charge < -0.3 is 14.8 Å². The number of para-hydroxylation sites is 1. The van der Waals surface area contributed by atoms with Crippen LogP contribution < -0.4 is 10.1 Å². The maximum absolute atomic E-state index is 11.9. The molecule has 0 heterocycles. The van der Waals surface area contributed by atoms with Crippen LogP contribution in [0, 0.1) is 11.3 Å². The van der Waals surface area contributed by atoms with Gasteiger partial charge in [-0.1, -0.05) is 41.9 Å². The first kappa shape index (κ1) is 19.3. The minimum atomic E-state index is -0.710. The summed E-state index contributed by atoms with van der Waals surface area (Å²) in [5, 5.41) is 12.2. The highest BCUT2D eigenvalue weighted by Crippen LogP contribution is 2.22. The molecule has 2 rings (SSSR count). The molecule has 0 aliphatic carbocycles. The number of esters is 1. The number of nitrogens with zero attached hydrogens (tertiary/aromatic N) is 1. The Balaban J connectivity index is 1.77. The van der Waals surface area contributed by atoms with Gasteiger partial charge in [-0.15, -0.1) is 0 Å². The number of carbonyl (C=O) groups is 2. The number of hydrogen-bond acceptors (Lipinski definition) is 5. The van der Waals surface area contributed by atoms with Crippen LogP contribution in [0.25, 0.3) is 0 Å². The molecule has 26 heavy (non-hydrogen) atoms. The van der Waals surface area contributed by atoms with Gasteiger partial charge in [0.05, 0.1) is 11.6 Å². The first-order valence-corrected chi connectivity index (χ1v) is 8.20. The lowest BCUT2D eigenvalue weighted by Crippen LogP contribution is -2.32. The first-order valence-electron chi connectivity index (χ1n) is 7.82. The zero-order valence-electron chi connectivity index (χ0n) is 14.1. The fourth-order valence-electron chi connectivity index (χ4n) is 2.20. The zero-order chi connectivity index (χ0) is 18.9. The third-order valence-corrected chi connectivity index (χ3v) is 3.81. The Morgan fingerprint density at radius 3 is 2.58 bits per heavy atom. The maximum Gasteiger partial charge on any atom is 0.344 e. The summed E-state index contributed by atoms with van der Waals surface area (Å²) in [5.41, 5.74) is 1.08. The molecule has 2 aromatic rings. The van der Waals surface area contributed by atoms with Crippen LogP contribution in [0.2, 0.25) is 5.02 Å². The van der Waals surface area contributed by atoms with Crippen molar-refractivity contribution in [2.75, 3.05) is 13.2 Å². The highest BCUT2D eigenvalue weighted by atomic mass is 35.5. The van der Waals surface area contributed by atoms with Gasteiger partial charge >= 0.3 is 5.97 Å². The van der Waals surface area contributed by atoms with E-state index < -0.39 is 25.1 Å². The molecule has 0 unspecified atom stereocenters. The van der Waals surface area contributed by atoms with Gasteiger partial charge in [0.25, 0.3) is 5.91 Å². The van der Waals surface area contributed by atoms with E-state index in [1.807, 2.05) is 12.1 Å². The summed E-state index contributed by atoms with van der Waals surface area (Å²) in [4.78, 5) is 23.6. The molecule has 2 aromatic carbocycles. The van der Waals surface area contributed by atoms with E-state index in [2.05, 4.69) is 5.32 Å². The normalized spacial score (nSPS) is 11.1. The molecule has 0 saturated carbocycles. The zero-order valence-corrected chi connectivity index (χ0v) is 14.8. The van der Waals surface area contributed by atoms with Gasteiger partial charge in [-0.3, -0.25) is 4.79 Å². The molecule has 1 amide bonds. The Morgan fingerprint density at radius 2 is 1.85 bits per heavy atom. The number of rotatable bonds is 7. The fourth-order valence-corrected chi connectivity index (χ4v) is 2.50. The van der Waals surface area contributed by atoms with Crippen molar-refractivity contribution in [3.63, 3.8) is 0 Å². The standard InChI is InChI=1S/C19H17ClN2O4/c1-13(15-7-3-4-8-16(15)20)22-18(23)11-26-19(24)12-25-17-9-5-2-6-14(17)10-21/h2-9,13H,11-12H2,1H3,(H,22,23)/t13-/m0/s1. The van der Waals surface area contributed by atoms with Crippen molar-refractivity contribution in [2.24, 2.45) is 0 Å². The van der Waals surface area contributed by atoms with Crippen molar-refractivity contribution in [1.29, 1.82) is 5.26 Å². The summed E-state index contributed by atoms with van der Waals surface area (Å²) in [6.07, 6.45) is 0. The molecular formula is C19H17ClN2O4. The number of ether oxygens (including phenoxy) is 2. The number of hydrogen-bond donors (Lipinski definition) is 1. The molecule has 0 radical (unpaired) electrons. The summed E-state index contributed by atoms with van der Waals surface area (Å²) in [6, 6.07) is 15.3. The van der Waals surface area contributed by atoms with Crippen LogP contribution in [0.1, 0.15) is 24.1 Å². The van der Waals surface area contributed by atoms with Gasteiger partial charge in [0.15, 0.2) is 13.2 Å². The van der Waals surface area contributed by atoms with E-state index in [-0.39, 0.29) is 11.8 Å². The number of nitriles is 1. The second kappa shape index (κ2) is 9.44. The Hall–Kier alpha value is -3.04. The van der Waals surface area contributed by atoms with Gasteiger partial charge in [-0.05, 0) is 30.7 Å². The summed E-state index contributed by atoms with van der Waals surface area (Å²) in [6.45, 7) is 0.950. The van der Waals surface area contributed by atoms with E-state index in [0.29, 0.717) is 10.6 Å². The van der Waals surface area contributed by atoms with Gasteiger partial charge in [0.1, 0.15) is 11.8 Å². The van der Waals surface area contributed by atoms with Gasteiger partial charge in [0.2, 0.25) is 0 Å². The predicted octanol–water partition coefficient (Wildman–Crippen LogP) is 3.01. The van der Waals surface area contributed by atoms with Crippen LogP contribution in [0.5, 0.6) is 5.75 Å². The minimum Gasteiger partial charge on any atom is -0.481 e. The van der Waals surface area contributed by atoms with Crippen LogP contribution in [-0.2, 0) is 14.3 Å². The number of benzene rings is 2. The molecule has 0 aliphatic heterocycles.